The fourth-order valence-corrected chi connectivity index (χ4v) is 3.33. The Labute approximate surface area is 165 Å². The number of amides is 1. The number of hydrogen-bond acceptors (Lipinski definition) is 5. The van der Waals surface area contributed by atoms with E-state index in [1.54, 1.807) is 28.8 Å². The third kappa shape index (κ3) is 4.07. The summed E-state index contributed by atoms with van der Waals surface area (Å²) in [7, 11) is 0. The standard InChI is InChI=1S/C20H18F2N6O/c21-20(22)6-9-27(10-7-20)13-15-16-3-1-2-8-28(16)18(25-15)19(29)26-17-5-4-14(11-23)12-24-17/h1-5,8,12H,6-7,9-10,13H2,(H,24,26,29). The van der Waals surface area contributed by atoms with E-state index < -0.39 is 11.8 Å². The van der Waals surface area contributed by atoms with E-state index in [4.69, 9.17) is 5.26 Å². The average molecular weight is 396 g/mol. The second-order valence-corrected chi connectivity index (χ2v) is 6.97. The molecule has 4 heterocycles. The van der Waals surface area contributed by atoms with Crippen LogP contribution in [0.4, 0.5) is 14.6 Å². The average Bonchev–Trinajstić information content (AvgIpc) is 3.09. The first-order chi connectivity index (χ1) is 13.9. The number of rotatable bonds is 4. The van der Waals surface area contributed by atoms with Crippen molar-refractivity contribution >= 4 is 17.2 Å². The fourth-order valence-electron chi connectivity index (χ4n) is 3.33. The van der Waals surface area contributed by atoms with Crippen molar-refractivity contribution in [3.05, 3.63) is 59.8 Å². The molecule has 148 valence electrons. The second-order valence-electron chi connectivity index (χ2n) is 6.97. The van der Waals surface area contributed by atoms with E-state index in [-0.39, 0.29) is 31.8 Å². The zero-order chi connectivity index (χ0) is 20.4. The number of carbonyl (C=O) groups is 1. The monoisotopic (exact) mass is 396 g/mol. The SMILES string of the molecule is N#Cc1ccc(NC(=O)c2nc(CN3CCC(F)(F)CC3)c3ccccn23)nc1. The molecule has 1 amide bonds. The zero-order valence-corrected chi connectivity index (χ0v) is 15.5. The summed E-state index contributed by atoms with van der Waals surface area (Å²) in [6, 6.07) is 10.5. The summed E-state index contributed by atoms with van der Waals surface area (Å²) in [6.07, 6.45) is 2.77. The number of piperidine rings is 1. The van der Waals surface area contributed by atoms with Gasteiger partial charge in [0.05, 0.1) is 16.8 Å². The Kier molecular flexibility index (Phi) is 4.94. The Hall–Kier alpha value is -3.38. The van der Waals surface area contributed by atoms with Gasteiger partial charge in [0.25, 0.3) is 11.8 Å². The Morgan fingerprint density at radius 2 is 2.03 bits per heavy atom. The van der Waals surface area contributed by atoms with Crippen molar-refractivity contribution in [2.24, 2.45) is 0 Å². The molecule has 3 aromatic rings. The van der Waals surface area contributed by atoms with Gasteiger partial charge in [-0.3, -0.25) is 14.1 Å². The van der Waals surface area contributed by atoms with Crippen LogP contribution in [0.25, 0.3) is 5.52 Å². The molecule has 9 heteroatoms. The number of hydrogen-bond donors (Lipinski definition) is 1. The van der Waals surface area contributed by atoms with E-state index in [9.17, 15) is 13.6 Å². The highest BCUT2D eigenvalue weighted by atomic mass is 19.3. The highest BCUT2D eigenvalue weighted by Gasteiger charge is 2.34. The largest absolute Gasteiger partial charge is 0.304 e. The molecule has 0 saturated carbocycles. The van der Waals surface area contributed by atoms with E-state index >= 15 is 0 Å². The van der Waals surface area contributed by atoms with Crippen LogP contribution in [0.3, 0.4) is 0 Å². The van der Waals surface area contributed by atoms with E-state index in [1.807, 2.05) is 23.1 Å². The topological polar surface area (TPSA) is 86.3 Å². The van der Waals surface area contributed by atoms with E-state index in [0.717, 1.165) is 5.52 Å². The van der Waals surface area contributed by atoms with Gasteiger partial charge in [-0.1, -0.05) is 6.07 Å². The molecule has 0 aromatic carbocycles. The summed E-state index contributed by atoms with van der Waals surface area (Å²) >= 11 is 0. The van der Waals surface area contributed by atoms with Crippen molar-refractivity contribution in [3.63, 3.8) is 0 Å². The van der Waals surface area contributed by atoms with Gasteiger partial charge in [-0.15, -0.1) is 0 Å². The highest BCUT2D eigenvalue weighted by molar-refractivity contribution is 6.02. The smallest absolute Gasteiger partial charge is 0.293 e. The van der Waals surface area contributed by atoms with Crippen molar-refractivity contribution in [1.82, 2.24) is 19.3 Å². The molecule has 0 spiro atoms. The van der Waals surface area contributed by atoms with E-state index in [2.05, 4.69) is 15.3 Å². The van der Waals surface area contributed by atoms with Gasteiger partial charge in [0.15, 0.2) is 0 Å². The maximum atomic E-state index is 13.4. The second kappa shape index (κ2) is 7.56. The number of likely N-dealkylation sites (tertiary alicyclic amines) is 1. The van der Waals surface area contributed by atoms with Gasteiger partial charge in [-0.2, -0.15) is 5.26 Å². The molecule has 0 atom stereocenters. The van der Waals surface area contributed by atoms with Crippen LogP contribution in [0, 0.1) is 11.3 Å². The number of fused-ring (bicyclic) bond motifs is 1. The van der Waals surface area contributed by atoms with Crippen molar-refractivity contribution in [2.75, 3.05) is 18.4 Å². The van der Waals surface area contributed by atoms with Gasteiger partial charge in [-0.05, 0) is 24.3 Å². The lowest BCUT2D eigenvalue weighted by Crippen LogP contribution is -2.38. The number of halogens is 2. The minimum absolute atomic E-state index is 0.170. The van der Waals surface area contributed by atoms with Crippen LogP contribution >= 0.6 is 0 Å². The third-order valence-corrected chi connectivity index (χ3v) is 4.92. The van der Waals surface area contributed by atoms with E-state index in [0.29, 0.717) is 23.6 Å². The van der Waals surface area contributed by atoms with Crippen LogP contribution in [0.15, 0.2) is 42.7 Å². The Balaban J connectivity index is 1.56. The minimum atomic E-state index is -2.61. The predicted octanol–water partition coefficient (Wildman–Crippen LogP) is 3.08. The lowest BCUT2D eigenvalue weighted by atomic mass is 10.1. The van der Waals surface area contributed by atoms with Gasteiger partial charge in [0.1, 0.15) is 11.9 Å². The lowest BCUT2D eigenvalue weighted by Gasteiger charge is -2.31. The summed E-state index contributed by atoms with van der Waals surface area (Å²) < 4.78 is 28.5. The summed E-state index contributed by atoms with van der Waals surface area (Å²) in [5.74, 6) is -2.56. The third-order valence-electron chi connectivity index (χ3n) is 4.92. The molecule has 0 aliphatic carbocycles. The molecule has 4 rings (SSSR count). The molecule has 7 nitrogen and oxygen atoms in total. The number of carbonyl (C=O) groups excluding carboxylic acids is 1. The molecule has 0 bridgehead atoms. The number of anilines is 1. The van der Waals surface area contributed by atoms with Crippen molar-refractivity contribution in [1.29, 1.82) is 5.26 Å². The van der Waals surface area contributed by atoms with Crippen molar-refractivity contribution in [2.45, 2.75) is 25.3 Å². The highest BCUT2D eigenvalue weighted by Crippen LogP contribution is 2.28. The molecule has 1 aliphatic rings. The number of nitrogens with one attached hydrogen (secondary N) is 1. The Morgan fingerprint density at radius 1 is 1.24 bits per heavy atom. The fraction of sp³-hybridized carbons (Fsp3) is 0.300. The number of nitriles is 1. The molecule has 0 unspecified atom stereocenters. The minimum Gasteiger partial charge on any atom is -0.304 e. The maximum absolute atomic E-state index is 13.4. The zero-order valence-electron chi connectivity index (χ0n) is 15.5. The van der Waals surface area contributed by atoms with Crippen LogP contribution in [0.5, 0.6) is 0 Å². The van der Waals surface area contributed by atoms with Gasteiger partial charge < -0.3 is 5.32 Å². The number of imidazole rings is 1. The molecule has 1 aliphatic heterocycles. The Bertz CT molecular complexity index is 1080. The summed E-state index contributed by atoms with van der Waals surface area (Å²) in [5, 5.41) is 11.5. The number of aromatic nitrogens is 3. The molecular formula is C20H18F2N6O. The van der Waals surface area contributed by atoms with Gasteiger partial charge in [-0.25, -0.2) is 18.7 Å². The molecule has 0 radical (unpaired) electrons. The molecule has 3 aromatic heterocycles. The van der Waals surface area contributed by atoms with Crippen LogP contribution in [-0.2, 0) is 6.54 Å². The van der Waals surface area contributed by atoms with Gasteiger partial charge in [0.2, 0.25) is 5.82 Å². The normalized spacial score (nSPS) is 16.4. The van der Waals surface area contributed by atoms with Gasteiger partial charge in [0, 0.05) is 44.9 Å². The number of alkyl halides is 2. The van der Waals surface area contributed by atoms with E-state index in [1.165, 1.54) is 6.20 Å². The maximum Gasteiger partial charge on any atom is 0.293 e. The van der Waals surface area contributed by atoms with Crippen molar-refractivity contribution < 1.29 is 13.6 Å². The molecule has 1 fully saturated rings. The summed E-state index contributed by atoms with van der Waals surface area (Å²) in [6.45, 7) is 0.969. The lowest BCUT2D eigenvalue weighted by molar-refractivity contribution is -0.0567. The summed E-state index contributed by atoms with van der Waals surface area (Å²) in [4.78, 5) is 23.2. The van der Waals surface area contributed by atoms with Crippen LogP contribution in [-0.4, -0.2) is 44.2 Å². The first-order valence-corrected chi connectivity index (χ1v) is 9.19. The van der Waals surface area contributed by atoms with Gasteiger partial charge >= 0.3 is 0 Å². The number of nitrogens with zero attached hydrogens (tertiary/aromatic N) is 5. The predicted molar refractivity (Wildman–Crippen MR) is 102 cm³/mol. The first-order valence-electron chi connectivity index (χ1n) is 9.19. The van der Waals surface area contributed by atoms with Crippen molar-refractivity contribution in [3.8, 4) is 6.07 Å². The molecule has 1 N–H and O–H groups in total. The number of pyridine rings is 2. The molecule has 29 heavy (non-hydrogen) atoms. The molecule has 1 saturated heterocycles. The van der Waals surface area contributed by atoms with Crippen LogP contribution in [0.2, 0.25) is 0 Å². The van der Waals surface area contributed by atoms with Crippen LogP contribution < -0.4 is 5.32 Å². The molecular weight excluding hydrogens is 378 g/mol. The quantitative estimate of drug-likeness (QED) is 0.732. The van der Waals surface area contributed by atoms with Crippen LogP contribution in [0.1, 0.15) is 34.7 Å². The first kappa shape index (κ1) is 19.0. The Morgan fingerprint density at radius 3 is 2.72 bits per heavy atom. The summed E-state index contributed by atoms with van der Waals surface area (Å²) in [5.41, 5.74) is 1.81.